The van der Waals surface area contributed by atoms with E-state index in [0.717, 1.165) is 48.9 Å². The summed E-state index contributed by atoms with van der Waals surface area (Å²) in [6.45, 7) is 1.37. The Balaban J connectivity index is 1.59. The highest BCUT2D eigenvalue weighted by Crippen LogP contribution is 2.37. The number of ether oxygens (including phenoxy) is 3. The van der Waals surface area contributed by atoms with Crippen LogP contribution in [0.2, 0.25) is 0 Å². The fraction of sp³-hybridized carbons (Fsp3) is 0.360. The van der Waals surface area contributed by atoms with E-state index in [9.17, 15) is 4.79 Å². The second-order valence-corrected chi connectivity index (χ2v) is 7.78. The molecule has 2 aromatic carbocycles. The number of carbonyl (C=O) groups excluding carboxylic acids is 1. The van der Waals surface area contributed by atoms with E-state index < -0.39 is 0 Å². The molecule has 0 aliphatic heterocycles. The number of hydrogen-bond donors (Lipinski definition) is 0. The van der Waals surface area contributed by atoms with E-state index in [1.165, 1.54) is 23.8 Å². The molecule has 162 valence electrons. The third kappa shape index (κ3) is 4.35. The van der Waals surface area contributed by atoms with Crippen LogP contribution in [0, 0.1) is 0 Å². The van der Waals surface area contributed by atoms with Crippen molar-refractivity contribution in [1.82, 2.24) is 9.78 Å². The van der Waals surface area contributed by atoms with Gasteiger partial charge in [0.15, 0.2) is 0 Å². The molecule has 0 saturated heterocycles. The van der Waals surface area contributed by atoms with Crippen LogP contribution in [0.5, 0.6) is 5.75 Å². The number of nitrogens with zero attached hydrogens (tertiary/aromatic N) is 2. The van der Waals surface area contributed by atoms with Gasteiger partial charge in [-0.25, -0.2) is 4.79 Å². The summed E-state index contributed by atoms with van der Waals surface area (Å²) in [7, 11) is 4.72. The van der Waals surface area contributed by atoms with Gasteiger partial charge in [-0.3, -0.25) is 4.68 Å². The maximum absolute atomic E-state index is 12.3. The van der Waals surface area contributed by atoms with Crippen LogP contribution >= 0.6 is 0 Å². The van der Waals surface area contributed by atoms with E-state index in [1.807, 2.05) is 23.1 Å². The smallest absolute Gasteiger partial charge is 0.341 e. The quantitative estimate of drug-likeness (QED) is 0.514. The summed E-state index contributed by atoms with van der Waals surface area (Å²) in [5.41, 5.74) is 7.57. The Labute approximate surface area is 182 Å². The minimum absolute atomic E-state index is 0.353. The molecule has 0 unspecified atom stereocenters. The SMILES string of the molecule is COCCn1cc(-c2ccc(Cc3cc(C(=O)OC)c(OC)c4c3CCC4)cc2)cn1. The Bertz CT molecular complexity index is 1070. The van der Waals surface area contributed by atoms with Crippen molar-refractivity contribution >= 4 is 5.97 Å². The van der Waals surface area contributed by atoms with Crippen molar-refractivity contribution in [3.63, 3.8) is 0 Å². The molecule has 0 bridgehead atoms. The summed E-state index contributed by atoms with van der Waals surface area (Å²) >= 11 is 0. The van der Waals surface area contributed by atoms with Crippen molar-refractivity contribution in [2.75, 3.05) is 27.9 Å². The van der Waals surface area contributed by atoms with E-state index in [4.69, 9.17) is 14.2 Å². The molecule has 4 rings (SSSR count). The van der Waals surface area contributed by atoms with Crippen molar-refractivity contribution in [2.45, 2.75) is 32.2 Å². The Morgan fingerprint density at radius 3 is 2.55 bits per heavy atom. The highest BCUT2D eigenvalue weighted by molar-refractivity contribution is 5.93. The second-order valence-electron chi connectivity index (χ2n) is 7.78. The summed E-state index contributed by atoms with van der Waals surface area (Å²) < 4.78 is 17.6. The molecule has 1 heterocycles. The summed E-state index contributed by atoms with van der Waals surface area (Å²) in [6.07, 6.45) is 7.71. The molecule has 0 spiro atoms. The van der Waals surface area contributed by atoms with Gasteiger partial charge in [0.05, 0.1) is 33.6 Å². The monoisotopic (exact) mass is 420 g/mol. The summed E-state index contributed by atoms with van der Waals surface area (Å²) in [5.74, 6) is 0.317. The van der Waals surface area contributed by atoms with Crippen LogP contribution in [-0.2, 0) is 35.3 Å². The van der Waals surface area contributed by atoms with Crippen LogP contribution in [0.4, 0.5) is 0 Å². The predicted molar refractivity (Wildman–Crippen MR) is 119 cm³/mol. The van der Waals surface area contributed by atoms with Gasteiger partial charge >= 0.3 is 5.97 Å². The van der Waals surface area contributed by atoms with Crippen molar-refractivity contribution < 1.29 is 19.0 Å². The average Bonchev–Trinajstić information content (AvgIpc) is 3.47. The number of rotatable bonds is 8. The predicted octanol–water partition coefficient (Wildman–Crippen LogP) is 4.07. The normalized spacial score (nSPS) is 12.6. The van der Waals surface area contributed by atoms with Crippen molar-refractivity contribution in [3.8, 4) is 16.9 Å². The summed E-state index contributed by atoms with van der Waals surface area (Å²) in [4.78, 5) is 12.3. The topological polar surface area (TPSA) is 62.6 Å². The van der Waals surface area contributed by atoms with Gasteiger partial charge in [-0.15, -0.1) is 0 Å². The van der Waals surface area contributed by atoms with Gasteiger partial charge in [0.1, 0.15) is 11.3 Å². The molecule has 1 aromatic heterocycles. The molecule has 3 aromatic rings. The highest BCUT2D eigenvalue weighted by atomic mass is 16.5. The van der Waals surface area contributed by atoms with Crippen LogP contribution in [0.25, 0.3) is 11.1 Å². The van der Waals surface area contributed by atoms with Crippen molar-refractivity contribution in [3.05, 3.63) is 70.5 Å². The lowest BCUT2D eigenvalue weighted by Gasteiger charge is -2.16. The average molecular weight is 421 g/mol. The maximum Gasteiger partial charge on any atom is 0.341 e. The molecule has 1 aliphatic carbocycles. The minimum Gasteiger partial charge on any atom is -0.496 e. The van der Waals surface area contributed by atoms with E-state index in [0.29, 0.717) is 17.9 Å². The number of benzene rings is 2. The fourth-order valence-electron chi connectivity index (χ4n) is 4.35. The number of hydrogen-bond acceptors (Lipinski definition) is 5. The molecule has 0 fully saturated rings. The van der Waals surface area contributed by atoms with Crippen LogP contribution < -0.4 is 4.74 Å². The largest absolute Gasteiger partial charge is 0.496 e. The number of methoxy groups -OCH3 is 3. The van der Waals surface area contributed by atoms with Gasteiger partial charge in [-0.1, -0.05) is 24.3 Å². The first-order chi connectivity index (χ1) is 15.1. The van der Waals surface area contributed by atoms with Crippen molar-refractivity contribution in [1.29, 1.82) is 0 Å². The number of fused-ring (bicyclic) bond motifs is 1. The summed E-state index contributed by atoms with van der Waals surface area (Å²) in [5, 5.41) is 4.39. The first kappa shape index (κ1) is 21.1. The maximum atomic E-state index is 12.3. The number of carbonyl (C=O) groups is 1. The van der Waals surface area contributed by atoms with Gasteiger partial charge < -0.3 is 14.2 Å². The lowest BCUT2D eigenvalue weighted by Crippen LogP contribution is -2.09. The second kappa shape index (κ2) is 9.35. The molecule has 6 heteroatoms. The molecule has 1 aliphatic rings. The molecule has 0 amide bonds. The number of aromatic nitrogens is 2. The third-order valence-corrected chi connectivity index (χ3v) is 5.89. The van der Waals surface area contributed by atoms with E-state index in [-0.39, 0.29) is 5.97 Å². The Hall–Kier alpha value is -3.12. The zero-order valence-corrected chi connectivity index (χ0v) is 18.3. The molecular formula is C25H28N2O4. The Kier molecular flexibility index (Phi) is 6.37. The van der Waals surface area contributed by atoms with Gasteiger partial charge in [-0.05, 0) is 59.6 Å². The zero-order valence-electron chi connectivity index (χ0n) is 18.3. The van der Waals surface area contributed by atoms with Gasteiger partial charge in [-0.2, -0.15) is 5.10 Å². The van der Waals surface area contributed by atoms with E-state index in [1.54, 1.807) is 14.2 Å². The highest BCUT2D eigenvalue weighted by Gasteiger charge is 2.26. The lowest BCUT2D eigenvalue weighted by atomic mass is 9.93. The van der Waals surface area contributed by atoms with Gasteiger partial charge in [0.25, 0.3) is 0 Å². The molecule has 31 heavy (non-hydrogen) atoms. The van der Waals surface area contributed by atoms with Gasteiger partial charge in [0.2, 0.25) is 0 Å². The molecule has 0 atom stereocenters. The summed E-state index contributed by atoms with van der Waals surface area (Å²) in [6, 6.07) is 10.5. The molecule has 0 radical (unpaired) electrons. The Morgan fingerprint density at radius 2 is 1.84 bits per heavy atom. The number of esters is 1. The lowest BCUT2D eigenvalue weighted by molar-refractivity contribution is 0.0596. The van der Waals surface area contributed by atoms with Crippen LogP contribution in [0.3, 0.4) is 0 Å². The molecular weight excluding hydrogens is 392 g/mol. The fourth-order valence-corrected chi connectivity index (χ4v) is 4.35. The van der Waals surface area contributed by atoms with Crippen LogP contribution in [-0.4, -0.2) is 43.7 Å². The van der Waals surface area contributed by atoms with Gasteiger partial charge in [0, 0.05) is 18.9 Å². The standard InChI is InChI=1S/C25H28N2O4/c1-29-12-11-27-16-20(15-26-27)18-9-7-17(8-10-18)13-19-14-23(25(28)31-3)24(30-2)22-6-4-5-21(19)22/h7-10,14-16H,4-6,11-13H2,1-3H3. The molecule has 6 nitrogen and oxygen atoms in total. The first-order valence-corrected chi connectivity index (χ1v) is 10.5. The minimum atomic E-state index is -0.353. The zero-order chi connectivity index (χ0) is 21.8. The van der Waals surface area contributed by atoms with E-state index >= 15 is 0 Å². The first-order valence-electron chi connectivity index (χ1n) is 10.5. The van der Waals surface area contributed by atoms with Crippen molar-refractivity contribution in [2.24, 2.45) is 0 Å². The van der Waals surface area contributed by atoms with Crippen LogP contribution in [0.1, 0.15) is 39.0 Å². The van der Waals surface area contributed by atoms with Crippen LogP contribution in [0.15, 0.2) is 42.7 Å². The Morgan fingerprint density at radius 1 is 1.06 bits per heavy atom. The third-order valence-electron chi connectivity index (χ3n) is 5.89. The molecule has 0 saturated carbocycles. The van der Waals surface area contributed by atoms with E-state index in [2.05, 4.69) is 29.4 Å². The molecule has 0 N–H and O–H groups in total.